The van der Waals surface area contributed by atoms with Gasteiger partial charge in [0.25, 0.3) is 0 Å². The molecule has 0 fully saturated rings. The number of anilines is 3. The Morgan fingerprint density at radius 2 is 1.41 bits per heavy atom. The van der Waals surface area contributed by atoms with Crippen LogP contribution in [0.3, 0.4) is 0 Å². The van der Waals surface area contributed by atoms with Crippen LogP contribution in [0.25, 0.3) is 27.6 Å². The number of fused-ring (bicyclic) bond motifs is 5. The molecule has 9 rings (SSSR count). The molecule has 0 aliphatic carbocycles. The average molecular weight is 944 g/mol. The van der Waals surface area contributed by atoms with E-state index in [4.69, 9.17) is 14.7 Å². The van der Waals surface area contributed by atoms with Gasteiger partial charge < -0.3 is 14.2 Å². The maximum absolute atomic E-state index is 7.10. The minimum absolute atomic E-state index is 0. The smallest absolute Gasteiger partial charge is 0.508 e. The zero-order chi connectivity index (χ0) is 40.2. The fourth-order valence-corrected chi connectivity index (χ4v) is 9.29. The number of para-hydroxylation sites is 2. The van der Waals surface area contributed by atoms with Crippen molar-refractivity contribution in [3.8, 4) is 5.82 Å². The minimum Gasteiger partial charge on any atom is -0.508 e. The van der Waals surface area contributed by atoms with Crippen molar-refractivity contribution in [1.82, 2.24) is 9.55 Å². The van der Waals surface area contributed by atoms with Crippen LogP contribution >= 0.6 is 0 Å². The van der Waals surface area contributed by atoms with E-state index in [0.717, 1.165) is 61.6 Å². The van der Waals surface area contributed by atoms with Crippen molar-refractivity contribution in [2.24, 2.45) is 10.9 Å². The van der Waals surface area contributed by atoms with E-state index >= 15 is 0 Å². The van der Waals surface area contributed by atoms with Gasteiger partial charge in [-0.2, -0.15) is 6.07 Å². The van der Waals surface area contributed by atoms with Gasteiger partial charge in [0.1, 0.15) is 17.3 Å². The normalized spacial score (nSPS) is 19.8. The zero-order valence-corrected chi connectivity index (χ0v) is 37.8. The second kappa shape index (κ2) is 13.8. The van der Waals surface area contributed by atoms with E-state index in [9.17, 15) is 0 Å². The summed E-state index contributed by atoms with van der Waals surface area (Å²) in [6.07, 6.45) is 1.94. The van der Waals surface area contributed by atoms with Crippen LogP contribution < -0.4 is 4.90 Å². The summed E-state index contributed by atoms with van der Waals surface area (Å²) in [6.45, 7) is 24.7. The van der Waals surface area contributed by atoms with Crippen molar-refractivity contribution >= 4 is 44.8 Å². The SMILES string of the molecule is Cc1cc(C)c(N2c3[c-]c4c(cc3C(C)(C)c3ccccc32)c2ccccc2n4-c2cc(C(C)(C)C)ccn2)[c-]c1C1=N[C@](C)(C(C)C)[C@@](C)(c2ccccc2)O1.[Pt+2]. The molecule has 0 bridgehead atoms. The number of nitrogens with zero attached hydrogens (tertiary/aromatic N) is 4. The number of hydrogen-bond donors (Lipinski definition) is 0. The quantitative estimate of drug-likeness (QED) is 0.162. The van der Waals surface area contributed by atoms with E-state index in [1.54, 1.807) is 0 Å². The molecule has 0 saturated carbocycles. The predicted molar refractivity (Wildman–Crippen MR) is 236 cm³/mol. The molecule has 0 unspecified atom stereocenters. The topological polar surface area (TPSA) is 42.7 Å². The van der Waals surface area contributed by atoms with E-state index < -0.39 is 11.1 Å². The molecule has 2 aromatic heterocycles. The molecule has 0 N–H and O–H groups in total. The summed E-state index contributed by atoms with van der Waals surface area (Å²) in [4.78, 5) is 12.8. The minimum atomic E-state index is -0.664. The number of aromatic nitrogens is 2. The van der Waals surface area contributed by atoms with Crippen molar-refractivity contribution in [3.63, 3.8) is 0 Å². The molecule has 2 atom stereocenters. The van der Waals surface area contributed by atoms with E-state index in [-0.39, 0.29) is 37.8 Å². The number of benzene rings is 5. The van der Waals surface area contributed by atoms with Crippen LogP contribution in [-0.4, -0.2) is 21.0 Å². The molecule has 5 aromatic carbocycles. The summed E-state index contributed by atoms with van der Waals surface area (Å²) in [5, 5.41) is 2.34. The molecule has 0 amide bonds. The molecule has 0 spiro atoms. The molecule has 6 heteroatoms. The average Bonchev–Trinajstić information content (AvgIpc) is 3.66. The molecule has 296 valence electrons. The van der Waals surface area contributed by atoms with Gasteiger partial charge in [-0.15, -0.1) is 40.3 Å². The van der Waals surface area contributed by atoms with E-state index in [1.165, 1.54) is 22.1 Å². The Morgan fingerprint density at radius 1 is 0.724 bits per heavy atom. The van der Waals surface area contributed by atoms with Crippen LogP contribution in [0.5, 0.6) is 0 Å². The van der Waals surface area contributed by atoms with Crippen LogP contribution in [0.4, 0.5) is 17.1 Å². The van der Waals surface area contributed by atoms with Crippen molar-refractivity contribution < 1.29 is 25.8 Å². The molecule has 0 radical (unpaired) electrons. The fraction of sp³-hybridized carbons (Fsp3) is 0.308. The van der Waals surface area contributed by atoms with Crippen LogP contribution in [0.1, 0.15) is 101 Å². The Bertz CT molecular complexity index is 2770. The van der Waals surface area contributed by atoms with Gasteiger partial charge in [0, 0.05) is 17.4 Å². The molecule has 7 aromatic rings. The van der Waals surface area contributed by atoms with Crippen molar-refractivity contribution in [3.05, 3.63) is 160 Å². The molecule has 2 aliphatic rings. The number of rotatable bonds is 5. The van der Waals surface area contributed by atoms with Crippen molar-refractivity contribution in [1.29, 1.82) is 0 Å². The molecular formula is C52H52N4OPt. The summed E-state index contributed by atoms with van der Waals surface area (Å²) in [6, 6.07) is 45.1. The third-order valence-corrected chi connectivity index (χ3v) is 13.2. The summed E-state index contributed by atoms with van der Waals surface area (Å²) < 4.78 is 9.40. The van der Waals surface area contributed by atoms with Gasteiger partial charge in [-0.3, -0.25) is 4.99 Å². The Labute approximate surface area is 358 Å². The van der Waals surface area contributed by atoms with Gasteiger partial charge in [0.2, 0.25) is 0 Å². The summed E-state index contributed by atoms with van der Waals surface area (Å²) >= 11 is 0. The van der Waals surface area contributed by atoms with Gasteiger partial charge in [-0.05, 0) is 82.6 Å². The summed E-state index contributed by atoms with van der Waals surface area (Å²) in [7, 11) is 0. The molecule has 5 nitrogen and oxygen atoms in total. The first-order valence-corrected chi connectivity index (χ1v) is 20.3. The first-order chi connectivity index (χ1) is 27.0. The molecule has 58 heavy (non-hydrogen) atoms. The van der Waals surface area contributed by atoms with E-state index in [1.807, 2.05) is 6.20 Å². The van der Waals surface area contributed by atoms with Gasteiger partial charge in [0.05, 0.1) is 5.54 Å². The van der Waals surface area contributed by atoms with E-state index in [0.29, 0.717) is 5.90 Å². The van der Waals surface area contributed by atoms with Crippen LogP contribution in [0, 0.1) is 31.9 Å². The largest absolute Gasteiger partial charge is 2.00 e. The molecular weight excluding hydrogens is 892 g/mol. The Hall–Kier alpha value is -4.99. The fourth-order valence-electron chi connectivity index (χ4n) is 9.29. The summed E-state index contributed by atoms with van der Waals surface area (Å²) in [5.74, 6) is 1.74. The van der Waals surface area contributed by atoms with Gasteiger partial charge in [-0.1, -0.05) is 146 Å². The number of aliphatic imine (C=N–C) groups is 1. The number of aryl methyl sites for hydroxylation is 2. The Balaban J connectivity index is 0.00000469. The number of pyridine rings is 1. The zero-order valence-electron chi connectivity index (χ0n) is 35.5. The Morgan fingerprint density at radius 3 is 2.14 bits per heavy atom. The van der Waals surface area contributed by atoms with Gasteiger partial charge >= 0.3 is 21.1 Å². The van der Waals surface area contributed by atoms with Gasteiger partial charge in [0.15, 0.2) is 0 Å². The molecule has 4 heterocycles. The first-order valence-electron chi connectivity index (χ1n) is 20.3. The second-order valence-electron chi connectivity index (χ2n) is 18.4. The maximum atomic E-state index is 7.10. The third kappa shape index (κ3) is 5.82. The number of ether oxygens (including phenoxy) is 1. The number of hydrogen-bond acceptors (Lipinski definition) is 4. The van der Waals surface area contributed by atoms with Crippen LogP contribution in [-0.2, 0) is 42.2 Å². The Kier molecular flexibility index (Phi) is 9.48. The van der Waals surface area contributed by atoms with Crippen LogP contribution in [0.15, 0.2) is 114 Å². The predicted octanol–water partition coefficient (Wildman–Crippen LogP) is 12.9. The standard InChI is InChI=1S/C52H52N4O.Pt/c1-32(2)51(10)52(11,35-19-13-12-14-20-35)57-48(54-51)38-30-44(34(4)27-33(38)3)55-43-24-18-16-22-40(43)50(8,9)41-29-39-37-21-15-17-23-42(37)56(45(39)31-46(41)55)47-28-36(25-26-53-47)49(5,6)7;/h12-29,32H,1-11H3;/q-2;+2/t51-,52-;/m1./s1. The van der Waals surface area contributed by atoms with Crippen molar-refractivity contribution in [2.75, 3.05) is 4.90 Å². The van der Waals surface area contributed by atoms with Crippen LogP contribution in [0.2, 0.25) is 0 Å². The van der Waals surface area contributed by atoms with E-state index in [2.05, 4.69) is 201 Å². The first kappa shape index (κ1) is 39.8. The monoisotopic (exact) mass is 943 g/mol. The maximum Gasteiger partial charge on any atom is 2.00 e. The summed E-state index contributed by atoms with van der Waals surface area (Å²) in [5.41, 5.74) is 11.6. The van der Waals surface area contributed by atoms with Gasteiger partial charge in [-0.25, -0.2) is 4.98 Å². The molecule has 2 aliphatic heterocycles. The second-order valence-corrected chi connectivity index (χ2v) is 18.4. The van der Waals surface area contributed by atoms with Crippen molar-refractivity contribution in [2.45, 2.75) is 98.1 Å². The third-order valence-electron chi connectivity index (χ3n) is 13.2. The molecule has 0 saturated heterocycles.